The molecule has 1 atom stereocenters. The van der Waals surface area contributed by atoms with E-state index < -0.39 is 0 Å². The van der Waals surface area contributed by atoms with Crippen LogP contribution >= 0.6 is 31.9 Å². The predicted molar refractivity (Wildman–Crippen MR) is 86.7 cm³/mol. The Labute approximate surface area is 134 Å². The van der Waals surface area contributed by atoms with Crippen molar-refractivity contribution < 1.29 is 4.39 Å². The number of rotatable bonds is 4. The number of hydrogen-bond acceptors (Lipinski definition) is 2. The summed E-state index contributed by atoms with van der Waals surface area (Å²) in [4.78, 5) is 0. The molecule has 0 aromatic heterocycles. The molecule has 1 unspecified atom stereocenters. The van der Waals surface area contributed by atoms with Gasteiger partial charge in [0.05, 0.1) is 6.04 Å². The molecular formula is C15H15Br2FN2. The van der Waals surface area contributed by atoms with Gasteiger partial charge in [0, 0.05) is 8.95 Å². The van der Waals surface area contributed by atoms with Gasteiger partial charge in [0.2, 0.25) is 0 Å². The van der Waals surface area contributed by atoms with Crippen molar-refractivity contribution in [1.82, 2.24) is 5.43 Å². The zero-order chi connectivity index (χ0) is 14.7. The summed E-state index contributed by atoms with van der Waals surface area (Å²) in [6.45, 7) is 1.97. The average molecular weight is 402 g/mol. The van der Waals surface area contributed by atoms with Crippen molar-refractivity contribution in [2.45, 2.75) is 19.4 Å². The summed E-state index contributed by atoms with van der Waals surface area (Å²) in [6, 6.07) is 10.7. The molecule has 2 nitrogen and oxygen atoms in total. The standard InChI is InChI=1S/C15H15Br2FN2/c1-9-2-4-12(18)6-10(9)7-15(20-19)13-5-3-11(16)8-14(13)17/h2-6,8,15,20H,7,19H2,1H3. The van der Waals surface area contributed by atoms with Crippen molar-refractivity contribution in [1.29, 1.82) is 0 Å². The smallest absolute Gasteiger partial charge is 0.123 e. The molecular weight excluding hydrogens is 387 g/mol. The van der Waals surface area contributed by atoms with Crippen LogP contribution in [0.3, 0.4) is 0 Å². The minimum atomic E-state index is -0.226. The van der Waals surface area contributed by atoms with Crippen LogP contribution in [0.1, 0.15) is 22.7 Å². The molecule has 5 heteroatoms. The SMILES string of the molecule is Cc1ccc(F)cc1CC(NN)c1ccc(Br)cc1Br. The Kier molecular flexibility index (Phi) is 5.32. The van der Waals surface area contributed by atoms with Crippen LogP contribution in [0, 0.1) is 12.7 Å². The van der Waals surface area contributed by atoms with E-state index in [4.69, 9.17) is 5.84 Å². The van der Waals surface area contributed by atoms with Gasteiger partial charge in [-0.05, 0) is 54.3 Å². The van der Waals surface area contributed by atoms with E-state index in [1.54, 1.807) is 12.1 Å². The Morgan fingerprint density at radius 2 is 1.95 bits per heavy atom. The molecule has 20 heavy (non-hydrogen) atoms. The van der Waals surface area contributed by atoms with E-state index in [0.717, 1.165) is 25.6 Å². The number of benzene rings is 2. The van der Waals surface area contributed by atoms with Gasteiger partial charge < -0.3 is 0 Å². The van der Waals surface area contributed by atoms with Crippen LogP contribution in [0.25, 0.3) is 0 Å². The minimum absolute atomic E-state index is 0.0852. The molecule has 0 bridgehead atoms. The highest BCUT2D eigenvalue weighted by Crippen LogP contribution is 2.29. The van der Waals surface area contributed by atoms with E-state index in [2.05, 4.69) is 37.3 Å². The summed E-state index contributed by atoms with van der Waals surface area (Å²) in [5.74, 6) is 5.45. The summed E-state index contributed by atoms with van der Waals surface area (Å²) in [5, 5.41) is 0. The molecule has 3 N–H and O–H groups in total. The molecule has 0 saturated heterocycles. The van der Waals surface area contributed by atoms with Crippen LogP contribution in [-0.4, -0.2) is 0 Å². The molecule has 0 aliphatic heterocycles. The quantitative estimate of drug-likeness (QED) is 0.588. The lowest BCUT2D eigenvalue weighted by molar-refractivity contribution is 0.545. The second-order valence-corrected chi connectivity index (χ2v) is 6.43. The third-order valence-electron chi connectivity index (χ3n) is 3.27. The van der Waals surface area contributed by atoms with Crippen LogP contribution in [0.5, 0.6) is 0 Å². The summed E-state index contributed by atoms with van der Waals surface area (Å²) in [7, 11) is 0. The third kappa shape index (κ3) is 3.67. The number of nitrogens with one attached hydrogen (secondary N) is 1. The molecule has 0 heterocycles. The lowest BCUT2D eigenvalue weighted by Gasteiger charge is -2.19. The first kappa shape index (κ1) is 15.6. The van der Waals surface area contributed by atoms with Crippen LogP contribution in [0.4, 0.5) is 4.39 Å². The normalized spacial score (nSPS) is 12.4. The highest BCUT2D eigenvalue weighted by molar-refractivity contribution is 9.11. The van der Waals surface area contributed by atoms with Crippen molar-refractivity contribution in [3.8, 4) is 0 Å². The van der Waals surface area contributed by atoms with Gasteiger partial charge >= 0.3 is 0 Å². The Bertz CT molecular complexity index is 617. The number of hydrazine groups is 1. The van der Waals surface area contributed by atoms with E-state index in [1.165, 1.54) is 6.07 Å². The molecule has 2 rings (SSSR count). The molecule has 0 amide bonds. The van der Waals surface area contributed by atoms with Gasteiger partial charge in [-0.25, -0.2) is 4.39 Å². The largest absolute Gasteiger partial charge is 0.271 e. The topological polar surface area (TPSA) is 38.0 Å². The van der Waals surface area contributed by atoms with E-state index in [0.29, 0.717) is 6.42 Å². The Balaban J connectivity index is 2.31. The highest BCUT2D eigenvalue weighted by atomic mass is 79.9. The van der Waals surface area contributed by atoms with Gasteiger partial charge in [0.25, 0.3) is 0 Å². The summed E-state index contributed by atoms with van der Waals surface area (Å²) >= 11 is 6.96. The Hall–Kier alpha value is -0.750. The van der Waals surface area contributed by atoms with Gasteiger partial charge in [-0.1, -0.05) is 44.0 Å². The second-order valence-electron chi connectivity index (χ2n) is 4.66. The van der Waals surface area contributed by atoms with E-state index in [1.807, 2.05) is 25.1 Å². The van der Waals surface area contributed by atoms with Gasteiger partial charge in [-0.2, -0.15) is 0 Å². The maximum atomic E-state index is 13.4. The molecule has 0 radical (unpaired) electrons. The van der Waals surface area contributed by atoms with Crippen LogP contribution in [0.15, 0.2) is 45.3 Å². The lowest BCUT2D eigenvalue weighted by Crippen LogP contribution is -2.30. The first-order valence-corrected chi connectivity index (χ1v) is 7.76. The first-order valence-electron chi connectivity index (χ1n) is 6.17. The molecule has 0 saturated carbocycles. The van der Waals surface area contributed by atoms with E-state index in [9.17, 15) is 4.39 Å². The molecule has 0 fully saturated rings. The number of hydrogen-bond donors (Lipinski definition) is 2. The lowest BCUT2D eigenvalue weighted by atomic mass is 9.96. The van der Waals surface area contributed by atoms with Gasteiger partial charge in [-0.3, -0.25) is 11.3 Å². The van der Waals surface area contributed by atoms with Crippen molar-refractivity contribution >= 4 is 31.9 Å². The fraction of sp³-hybridized carbons (Fsp3) is 0.200. The minimum Gasteiger partial charge on any atom is -0.271 e. The average Bonchev–Trinajstić information content (AvgIpc) is 2.40. The van der Waals surface area contributed by atoms with E-state index >= 15 is 0 Å². The second kappa shape index (κ2) is 6.80. The van der Waals surface area contributed by atoms with E-state index in [-0.39, 0.29) is 11.9 Å². The first-order chi connectivity index (χ1) is 9.51. The predicted octanol–water partition coefficient (Wildman–Crippen LogP) is 4.41. The molecule has 0 aliphatic carbocycles. The van der Waals surface area contributed by atoms with Crippen molar-refractivity contribution in [2.24, 2.45) is 5.84 Å². The molecule has 0 spiro atoms. The highest BCUT2D eigenvalue weighted by Gasteiger charge is 2.15. The number of nitrogens with two attached hydrogens (primary N) is 1. The Morgan fingerprint density at radius 3 is 2.60 bits per heavy atom. The van der Waals surface area contributed by atoms with Gasteiger partial charge in [0.1, 0.15) is 5.82 Å². The number of halogens is 3. The van der Waals surface area contributed by atoms with Crippen LogP contribution in [0.2, 0.25) is 0 Å². The van der Waals surface area contributed by atoms with Crippen molar-refractivity contribution in [3.63, 3.8) is 0 Å². The number of aryl methyl sites for hydroxylation is 1. The molecule has 2 aromatic rings. The monoisotopic (exact) mass is 400 g/mol. The Morgan fingerprint density at radius 1 is 1.20 bits per heavy atom. The van der Waals surface area contributed by atoms with Gasteiger partial charge in [-0.15, -0.1) is 0 Å². The zero-order valence-electron chi connectivity index (χ0n) is 11.0. The molecule has 106 valence electrons. The van der Waals surface area contributed by atoms with Crippen LogP contribution < -0.4 is 11.3 Å². The fourth-order valence-corrected chi connectivity index (χ4v) is 3.45. The molecule has 2 aromatic carbocycles. The maximum absolute atomic E-state index is 13.4. The summed E-state index contributed by atoms with van der Waals surface area (Å²) in [6.07, 6.45) is 0.625. The maximum Gasteiger partial charge on any atom is 0.123 e. The summed E-state index contributed by atoms with van der Waals surface area (Å²) < 4.78 is 15.3. The fourth-order valence-electron chi connectivity index (χ4n) is 2.12. The van der Waals surface area contributed by atoms with Crippen molar-refractivity contribution in [2.75, 3.05) is 0 Å². The molecule has 0 aliphatic rings. The van der Waals surface area contributed by atoms with Gasteiger partial charge in [0.15, 0.2) is 0 Å². The zero-order valence-corrected chi connectivity index (χ0v) is 14.1. The summed E-state index contributed by atoms with van der Waals surface area (Å²) in [5.41, 5.74) is 5.85. The van der Waals surface area contributed by atoms with Crippen molar-refractivity contribution in [3.05, 3.63) is 67.9 Å². The third-order valence-corrected chi connectivity index (χ3v) is 4.45. The van der Waals surface area contributed by atoms with Crippen LogP contribution in [-0.2, 0) is 6.42 Å².